The van der Waals surface area contributed by atoms with E-state index < -0.39 is 0 Å². The van der Waals surface area contributed by atoms with Crippen LogP contribution in [-0.4, -0.2) is 85.7 Å². The topological polar surface area (TPSA) is 102 Å². The number of ether oxygens (including phenoxy) is 4. The molecule has 0 saturated carbocycles. The van der Waals surface area contributed by atoms with Gasteiger partial charge in [0, 0.05) is 46.1 Å². The second-order valence-corrected chi connectivity index (χ2v) is 10.6. The molecule has 2 aromatic carbocycles. The van der Waals surface area contributed by atoms with Crippen molar-refractivity contribution in [3.05, 3.63) is 83.7 Å². The lowest BCUT2D eigenvalue weighted by Gasteiger charge is -2.39. The summed E-state index contributed by atoms with van der Waals surface area (Å²) in [6, 6.07) is 18.5. The number of amides is 2. The Kier molecular flexibility index (Phi) is 10.0. The molecule has 1 N–H and O–H groups in total. The minimum Gasteiger partial charge on any atom is -0.493 e. The van der Waals surface area contributed by atoms with Crippen LogP contribution in [0.1, 0.15) is 34.5 Å². The number of benzene rings is 2. The molecule has 2 aliphatic heterocycles. The Balaban J connectivity index is 1.42. The highest BCUT2D eigenvalue weighted by Crippen LogP contribution is 2.33. The van der Waals surface area contributed by atoms with Gasteiger partial charge in [-0.1, -0.05) is 24.3 Å². The molecule has 42 heavy (non-hydrogen) atoms. The van der Waals surface area contributed by atoms with Gasteiger partial charge < -0.3 is 29.2 Å². The van der Waals surface area contributed by atoms with Gasteiger partial charge in [-0.3, -0.25) is 19.5 Å². The van der Waals surface area contributed by atoms with Gasteiger partial charge in [0.05, 0.1) is 32.4 Å². The van der Waals surface area contributed by atoms with E-state index in [1.165, 1.54) is 0 Å². The number of hydrogen-bond donors (Lipinski definition) is 1. The molecule has 2 amide bonds. The van der Waals surface area contributed by atoms with Crippen LogP contribution in [0.5, 0.6) is 17.2 Å². The Hall–Kier alpha value is -3.99. The van der Waals surface area contributed by atoms with Crippen LogP contribution in [0, 0.1) is 0 Å². The number of pyridine rings is 1. The van der Waals surface area contributed by atoms with Gasteiger partial charge in [0.15, 0.2) is 11.5 Å². The van der Waals surface area contributed by atoms with Crippen molar-refractivity contribution in [2.75, 3.05) is 47.0 Å². The highest BCUT2D eigenvalue weighted by atomic mass is 16.5. The molecule has 222 valence electrons. The van der Waals surface area contributed by atoms with Crippen molar-refractivity contribution < 1.29 is 28.5 Å². The zero-order chi connectivity index (χ0) is 29.3. The zero-order valence-corrected chi connectivity index (χ0v) is 24.2. The minimum absolute atomic E-state index is 0.128. The molecule has 3 heterocycles. The molecule has 0 spiro atoms. The standard InChI is InChI=1S/C32H38N4O6/c1-39-16-6-14-35-19-23-10-11-29(40-2)30(18-23)42-25-8-5-7-24(17-25)22-41-28-12-15-36(20-27(28)34-31(37)21-35)32(38)26-9-3-4-13-33-26/h3-5,7-11,13,17-18,27-28H,6,12,14-16,19-22H2,1-2H3,(H,34,37)/t27-,28+/m0/s1. The fourth-order valence-corrected chi connectivity index (χ4v) is 5.39. The first-order chi connectivity index (χ1) is 20.5. The Morgan fingerprint density at radius 2 is 1.98 bits per heavy atom. The molecule has 4 bridgehead atoms. The van der Waals surface area contributed by atoms with Gasteiger partial charge in [0.25, 0.3) is 5.91 Å². The van der Waals surface area contributed by atoms with Crippen molar-refractivity contribution in [2.45, 2.75) is 38.1 Å². The second-order valence-electron chi connectivity index (χ2n) is 10.6. The van der Waals surface area contributed by atoms with Gasteiger partial charge in [0.1, 0.15) is 11.4 Å². The van der Waals surface area contributed by atoms with Gasteiger partial charge in [0.2, 0.25) is 5.91 Å². The lowest BCUT2D eigenvalue weighted by molar-refractivity contribution is -0.125. The summed E-state index contributed by atoms with van der Waals surface area (Å²) in [5.74, 6) is 1.62. The summed E-state index contributed by atoms with van der Waals surface area (Å²) in [4.78, 5) is 34.7. The number of methoxy groups -OCH3 is 2. The number of hydrogen-bond acceptors (Lipinski definition) is 8. The quantitative estimate of drug-likeness (QED) is 0.446. The third-order valence-corrected chi connectivity index (χ3v) is 7.48. The van der Waals surface area contributed by atoms with Gasteiger partial charge in [-0.15, -0.1) is 0 Å². The van der Waals surface area contributed by atoms with Crippen molar-refractivity contribution in [3.8, 4) is 17.2 Å². The van der Waals surface area contributed by atoms with Crippen LogP contribution >= 0.6 is 0 Å². The second kappa shape index (κ2) is 14.3. The summed E-state index contributed by atoms with van der Waals surface area (Å²) in [7, 11) is 3.29. The van der Waals surface area contributed by atoms with Crippen LogP contribution < -0.4 is 14.8 Å². The monoisotopic (exact) mass is 574 g/mol. The number of carbonyl (C=O) groups is 2. The number of nitrogens with zero attached hydrogens (tertiary/aromatic N) is 3. The molecule has 0 aliphatic carbocycles. The molecular formula is C32H38N4O6. The summed E-state index contributed by atoms with van der Waals surface area (Å²) in [6.45, 7) is 3.15. The SMILES string of the molecule is COCCCN1CC(=O)N[C@H]2CN(C(=O)c3ccccn3)CC[C@H]2OCc2cccc(c2)Oc2cc(ccc2OC)C1. The summed E-state index contributed by atoms with van der Waals surface area (Å²) >= 11 is 0. The lowest BCUT2D eigenvalue weighted by Crippen LogP contribution is -2.58. The van der Waals surface area contributed by atoms with Crippen LogP contribution in [0.2, 0.25) is 0 Å². The van der Waals surface area contributed by atoms with Crippen molar-refractivity contribution in [1.82, 2.24) is 20.1 Å². The molecule has 10 nitrogen and oxygen atoms in total. The van der Waals surface area contributed by atoms with Crippen molar-refractivity contribution in [3.63, 3.8) is 0 Å². The predicted octanol–water partition coefficient (Wildman–Crippen LogP) is 3.65. The van der Waals surface area contributed by atoms with Crippen LogP contribution in [0.3, 0.4) is 0 Å². The zero-order valence-electron chi connectivity index (χ0n) is 24.2. The van der Waals surface area contributed by atoms with Crippen LogP contribution in [-0.2, 0) is 27.4 Å². The van der Waals surface area contributed by atoms with Crippen molar-refractivity contribution in [2.24, 2.45) is 0 Å². The van der Waals surface area contributed by atoms with Gasteiger partial charge in [-0.25, -0.2) is 0 Å². The van der Waals surface area contributed by atoms with Crippen molar-refractivity contribution >= 4 is 11.8 Å². The number of fused-ring (bicyclic) bond motifs is 5. The summed E-state index contributed by atoms with van der Waals surface area (Å²) in [5.41, 5.74) is 2.32. The van der Waals surface area contributed by atoms with Crippen LogP contribution in [0.15, 0.2) is 66.9 Å². The third kappa shape index (κ3) is 7.64. The molecule has 1 fully saturated rings. The number of nitrogens with one attached hydrogen (secondary N) is 1. The van der Waals surface area contributed by atoms with E-state index in [0.717, 1.165) is 17.5 Å². The van der Waals surface area contributed by atoms with Gasteiger partial charge in [-0.2, -0.15) is 0 Å². The molecule has 2 atom stereocenters. The third-order valence-electron chi connectivity index (χ3n) is 7.48. The summed E-state index contributed by atoms with van der Waals surface area (Å²) < 4.78 is 23.5. The Morgan fingerprint density at radius 3 is 2.79 bits per heavy atom. The first kappa shape index (κ1) is 29.5. The number of rotatable bonds is 6. The molecular weight excluding hydrogens is 536 g/mol. The molecule has 3 aromatic rings. The van der Waals surface area contributed by atoms with E-state index in [0.29, 0.717) is 68.8 Å². The largest absolute Gasteiger partial charge is 0.493 e. The normalized spacial score (nSPS) is 19.8. The Labute approximate surface area is 246 Å². The van der Waals surface area contributed by atoms with E-state index in [1.807, 2.05) is 42.5 Å². The summed E-state index contributed by atoms with van der Waals surface area (Å²) in [6.07, 6.45) is 2.70. The first-order valence-electron chi connectivity index (χ1n) is 14.3. The molecule has 10 heteroatoms. The predicted molar refractivity (Wildman–Crippen MR) is 157 cm³/mol. The molecule has 1 saturated heterocycles. The number of piperidine rings is 1. The van der Waals surface area contributed by atoms with Crippen LogP contribution in [0.25, 0.3) is 0 Å². The number of likely N-dealkylation sites (tertiary alicyclic amines) is 1. The maximum Gasteiger partial charge on any atom is 0.272 e. The maximum atomic E-state index is 13.5. The number of aromatic nitrogens is 1. The molecule has 1 aromatic heterocycles. The molecule has 2 aliphatic rings. The van der Waals surface area contributed by atoms with E-state index in [9.17, 15) is 9.59 Å². The number of carbonyl (C=O) groups excluding carboxylic acids is 2. The maximum absolute atomic E-state index is 13.5. The Morgan fingerprint density at radius 1 is 1.07 bits per heavy atom. The molecule has 0 unspecified atom stereocenters. The fourth-order valence-electron chi connectivity index (χ4n) is 5.39. The van der Waals surface area contributed by atoms with Crippen molar-refractivity contribution in [1.29, 1.82) is 0 Å². The molecule has 0 radical (unpaired) electrons. The van der Waals surface area contributed by atoms with E-state index in [2.05, 4.69) is 15.2 Å². The smallest absolute Gasteiger partial charge is 0.272 e. The summed E-state index contributed by atoms with van der Waals surface area (Å²) in [5, 5.41) is 3.19. The molecule has 5 rings (SSSR count). The highest BCUT2D eigenvalue weighted by Gasteiger charge is 2.34. The average molecular weight is 575 g/mol. The fraction of sp³-hybridized carbons (Fsp3) is 0.406. The van der Waals surface area contributed by atoms with E-state index in [4.69, 9.17) is 18.9 Å². The highest BCUT2D eigenvalue weighted by molar-refractivity contribution is 5.92. The first-order valence-corrected chi connectivity index (χ1v) is 14.3. The van der Waals surface area contributed by atoms with E-state index in [-0.39, 0.29) is 30.5 Å². The lowest BCUT2D eigenvalue weighted by atomic mass is 10.0. The van der Waals surface area contributed by atoms with Gasteiger partial charge >= 0.3 is 0 Å². The Bertz CT molecular complexity index is 1350. The van der Waals surface area contributed by atoms with Crippen LogP contribution in [0.4, 0.5) is 0 Å². The van der Waals surface area contributed by atoms with Gasteiger partial charge in [-0.05, 0) is 60.4 Å². The minimum atomic E-state index is -0.375. The average Bonchev–Trinajstić information content (AvgIpc) is 3.00. The van der Waals surface area contributed by atoms with E-state index >= 15 is 0 Å². The van der Waals surface area contributed by atoms with E-state index in [1.54, 1.807) is 43.5 Å².